The van der Waals surface area contributed by atoms with Gasteiger partial charge in [-0.15, -0.1) is 0 Å². The molecule has 2 rings (SSSR count). The molecule has 0 bridgehead atoms. The highest BCUT2D eigenvalue weighted by Gasteiger charge is 2.15. The largest absolute Gasteiger partial charge is 0.482 e. The van der Waals surface area contributed by atoms with Crippen molar-refractivity contribution in [3.8, 4) is 5.75 Å². The quantitative estimate of drug-likeness (QED) is 0.798. The smallest absolute Gasteiger partial charge is 0.258 e. The number of hydrogen-bond acceptors (Lipinski definition) is 5. The summed E-state index contributed by atoms with van der Waals surface area (Å²) in [7, 11) is 0. The van der Waals surface area contributed by atoms with Crippen LogP contribution in [0, 0.1) is 0 Å². The topological polar surface area (TPSA) is 69.7 Å². The Balaban J connectivity index is 1.63. The maximum atomic E-state index is 11.5. The lowest BCUT2D eigenvalue weighted by atomic mass is 10.3. The van der Waals surface area contributed by atoms with Gasteiger partial charge in [-0.25, -0.2) is 0 Å². The van der Waals surface area contributed by atoms with E-state index in [4.69, 9.17) is 14.2 Å². The standard InChI is InChI=1S/C12H16N2O4/c15-12(9-18-10-2-1-3-13-6-10)14-7-11-8-16-4-5-17-11/h1-3,6,11H,4-5,7-9H2,(H,14,15). The van der Waals surface area contributed by atoms with Gasteiger partial charge in [0.1, 0.15) is 5.75 Å². The predicted molar refractivity (Wildman–Crippen MR) is 63.3 cm³/mol. The van der Waals surface area contributed by atoms with Crippen molar-refractivity contribution < 1.29 is 19.0 Å². The number of carbonyl (C=O) groups excluding carboxylic acids is 1. The number of nitrogens with zero attached hydrogens (tertiary/aromatic N) is 1. The minimum Gasteiger partial charge on any atom is -0.482 e. The fraction of sp³-hybridized carbons (Fsp3) is 0.500. The third-order valence-corrected chi connectivity index (χ3v) is 2.42. The van der Waals surface area contributed by atoms with E-state index in [9.17, 15) is 4.79 Å². The lowest BCUT2D eigenvalue weighted by Crippen LogP contribution is -2.41. The average Bonchev–Trinajstić information content (AvgIpc) is 2.45. The van der Waals surface area contributed by atoms with Gasteiger partial charge in [-0.3, -0.25) is 9.78 Å². The van der Waals surface area contributed by atoms with Crippen molar-refractivity contribution in [2.75, 3.05) is 33.0 Å². The molecule has 1 amide bonds. The maximum absolute atomic E-state index is 11.5. The first-order valence-electron chi connectivity index (χ1n) is 5.83. The Hall–Kier alpha value is -1.66. The summed E-state index contributed by atoms with van der Waals surface area (Å²) in [5.41, 5.74) is 0. The second kappa shape index (κ2) is 6.93. The zero-order valence-corrected chi connectivity index (χ0v) is 10.0. The molecule has 1 aromatic rings. The summed E-state index contributed by atoms with van der Waals surface area (Å²) in [5, 5.41) is 2.73. The molecule has 0 aromatic carbocycles. The number of hydrogen-bond donors (Lipinski definition) is 1. The Labute approximate surface area is 105 Å². The van der Waals surface area contributed by atoms with Crippen LogP contribution >= 0.6 is 0 Å². The molecule has 0 saturated carbocycles. The summed E-state index contributed by atoms with van der Waals surface area (Å²) < 4.78 is 15.9. The van der Waals surface area contributed by atoms with Crippen molar-refractivity contribution in [2.24, 2.45) is 0 Å². The van der Waals surface area contributed by atoms with Gasteiger partial charge >= 0.3 is 0 Å². The monoisotopic (exact) mass is 252 g/mol. The van der Waals surface area contributed by atoms with Crippen LogP contribution in [0.3, 0.4) is 0 Å². The fourth-order valence-electron chi connectivity index (χ4n) is 1.51. The van der Waals surface area contributed by atoms with Crippen LogP contribution in [0.25, 0.3) is 0 Å². The van der Waals surface area contributed by atoms with Crippen LogP contribution in [-0.2, 0) is 14.3 Å². The highest BCUT2D eigenvalue weighted by molar-refractivity contribution is 5.77. The minimum absolute atomic E-state index is 0.0285. The number of nitrogens with one attached hydrogen (secondary N) is 1. The normalized spacial score (nSPS) is 19.2. The molecule has 2 heterocycles. The van der Waals surface area contributed by atoms with Gasteiger partial charge in [0.05, 0.1) is 32.1 Å². The van der Waals surface area contributed by atoms with Gasteiger partial charge < -0.3 is 19.5 Å². The number of rotatable bonds is 5. The number of amides is 1. The van der Waals surface area contributed by atoms with Gasteiger partial charge in [-0.1, -0.05) is 0 Å². The molecule has 1 aliphatic heterocycles. The van der Waals surface area contributed by atoms with Crippen molar-refractivity contribution >= 4 is 5.91 Å². The molecule has 1 saturated heterocycles. The molecule has 1 N–H and O–H groups in total. The molecule has 6 heteroatoms. The van der Waals surface area contributed by atoms with E-state index < -0.39 is 0 Å². The van der Waals surface area contributed by atoms with E-state index in [0.717, 1.165) is 0 Å². The Bertz CT molecular complexity index is 366. The lowest BCUT2D eigenvalue weighted by Gasteiger charge is -2.23. The molecular formula is C12H16N2O4. The van der Waals surface area contributed by atoms with Crippen LogP contribution in [0.1, 0.15) is 0 Å². The molecule has 1 unspecified atom stereocenters. The summed E-state index contributed by atoms with van der Waals surface area (Å²) in [6, 6.07) is 3.50. The Morgan fingerprint density at radius 2 is 2.50 bits per heavy atom. The predicted octanol–water partition coefficient (Wildman–Crippen LogP) is -0.00800. The van der Waals surface area contributed by atoms with Crippen molar-refractivity contribution in [1.82, 2.24) is 10.3 Å². The fourth-order valence-corrected chi connectivity index (χ4v) is 1.51. The lowest BCUT2D eigenvalue weighted by molar-refractivity contribution is -0.125. The summed E-state index contributed by atoms with van der Waals surface area (Å²) in [6.07, 6.45) is 3.14. The van der Waals surface area contributed by atoms with E-state index in [-0.39, 0.29) is 18.6 Å². The van der Waals surface area contributed by atoms with Crippen molar-refractivity contribution in [3.05, 3.63) is 24.5 Å². The van der Waals surface area contributed by atoms with Crippen LogP contribution in [0.5, 0.6) is 5.75 Å². The zero-order chi connectivity index (χ0) is 12.6. The first-order chi connectivity index (χ1) is 8.84. The molecule has 0 aliphatic carbocycles. The molecule has 98 valence electrons. The van der Waals surface area contributed by atoms with Crippen LogP contribution in [0.2, 0.25) is 0 Å². The Morgan fingerprint density at radius 3 is 3.22 bits per heavy atom. The molecule has 0 radical (unpaired) electrons. The summed E-state index contributed by atoms with van der Waals surface area (Å²) in [4.78, 5) is 15.4. The number of pyridine rings is 1. The molecule has 1 aliphatic rings. The van der Waals surface area contributed by atoms with Crippen molar-refractivity contribution in [1.29, 1.82) is 0 Å². The first kappa shape index (κ1) is 12.8. The number of aromatic nitrogens is 1. The summed E-state index contributed by atoms with van der Waals surface area (Å²) >= 11 is 0. The van der Waals surface area contributed by atoms with Crippen LogP contribution in [0.15, 0.2) is 24.5 Å². The highest BCUT2D eigenvalue weighted by Crippen LogP contribution is 2.05. The second-order valence-electron chi connectivity index (χ2n) is 3.85. The van der Waals surface area contributed by atoms with E-state index in [0.29, 0.717) is 32.1 Å². The van der Waals surface area contributed by atoms with Gasteiger partial charge in [0.25, 0.3) is 5.91 Å². The van der Waals surface area contributed by atoms with Crippen LogP contribution in [0.4, 0.5) is 0 Å². The first-order valence-corrected chi connectivity index (χ1v) is 5.83. The van der Waals surface area contributed by atoms with Gasteiger partial charge in [-0.2, -0.15) is 0 Å². The van der Waals surface area contributed by atoms with Gasteiger partial charge in [0.2, 0.25) is 0 Å². The van der Waals surface area contributed by atoms with Crippen molar-refractivity contribution in [3.63, 3.8) is 0 Å². The molecule has 1 aromatic heterocycles. The molecule has 6 nitrogen and oxygen atoms in total. The van der Waals surface area contributed by atoms with E-state index in [1.807, 2.05) is 0 Å². The highest BCUT2D eigenvalue weighted by atomic mass is 16.6. The van der Waals surface area contributed by atoms with Gasteiger partial charge in [0.15, 0.2) is 6.61 Å². The molecule has 1 fully saturated rings. The second-order valence-corrected chi connectivity index (χ2v) is 3.85. The SMILES string of the molecule is O=C(COc1cccnc1)NCC1COCCO1. The molecule has 0 spiro atoms. The molecule has 1 atom stereocenters. The summed E-state index contributed by atoms with van der Waals surface area (Å²) in [5.74, 6) is 0.387. The average molecular weight is 252 g/mol. The number of carbonyl (C=O) groups is 1. The van der Waals surface area contributed by atoms with E-state index in [1.165, 1.54) is 0 Å². The summed E-state index contributed by atoms with van der Waals surface area (Å²) in [6.45, 7) is 2.12. The van der Waals surface area contributed by atoms with Gasteiger partial charge in [0, 0.05) is 12.7 Å². The van der Waals surface area contributed by atoms with Crippen LogP contribution in [-0.4, -0.2) is 50.0 Å². The van der Waals surface area contributed by atoms with Crippen LogP contribution < -0.4 is 10.1 Å². The van der Waals surface area contributed by atoms with Gasteiger partial charge in [-0.05, 0) is 12.1 Å². The van der Waals surface area contributed by atoms with Crippen molar-refractivity contribution in [2.45, 2.75) is 6.10 Å². The van der Waals surface area contributed by atoms with E-state index in [2.05, 4.69) is 10.3 Å². The Kier molecular flexibility index (Phi) is 4.92. The molecule has 18 heavy (non-hydrogen) atoms. The number of ether oxygens (including phenoxy) is 3. The van der Waals surface area contributed by atoms with E-state index in [1.54, 1.807) is 24.5 Å². The molecular weight excluding hydrogens is 236 g/mol. The zero-order valence-electron chi connectivity index (χ0n) is 10.0. The third kappa shape index (κ3) is 4.31. The Morgan fingerprint density at radius 1 is 1.56 bits per heavy atom. The van der Waals surface area contributed by atoms with E-state index >= 15 is 0 Å². The third-order valence-electron chi connectivity index (χ3n) is 2.42. The maximum Gasteiger partial charge on any atom is 0.258 e. The minimum atomic E-state index is -0.187.